The minimum atomic E-state index is -0.341. The number of aryl methyl sites for hydroxylation is 1. The average molecular weight is 359 g/mol. The van der Waals surface area contributed by atoms with Gasteiger partial charge in [-0.25, -0.2) is 4.79 Å². The van der Waals surface area contributed by atoms with Crippen LogP contribution in [0, 0.1) is 0 Å². The lowest BCUT2D eigenvalue weighted by Gasteiger charge is -2.12. The number of amides is 1. The molecule has 5 nitrogen and oxygen atoms in total. The number of rotatable bonds is 6. The number of thiophene rings is 1. The highest BCUT2D eigenvalue weighted by Gasteiger charge is 2.27. The molecule has 0 fully saturated rings. The Morgan fingerprint density at radius 2 is 2.20 bits per heavy atom. The molecule has 1 aliphatic rings. The number of anilines is 1. The number of hydrogen-bond acceptors (Lipinski definition) is 5. The van der Waals surface area contributed by atoms with Crippen molar-refractivity contribution >= 4 is 34.3 Å². The van der Waals surface area contributed by atoms with Crippen LogP contribution in [0.5, 0.6) is 0 Å². The minimum absolute atomic E-state index is 0.292. The molecule has 0 atom stereocenters. The fourth-order valence-corrected chi connectivity index (χ4v) is 4.11. The average Bonchev–Trinajstić information content (AvgIpc) is 3.25. The lowest BCUT2D eigenvalue weighted by atomic mass is 9.95. The van der Waals surface area contributed by atoms with Crippen molar-refractivity contribution in [3.8, 4) is 0 Å². The Bertz CT molecular complexity index is 774. The van der Waals surface area contributed by atoms with Crippen LogP contribution in [0.25, 0.3) is 6.08 Å². The van der Waals surface area contributed by atoms with E-state index in [1.54, 1.807) is 24.5 Å². The van der Waals surface area contributed by atoms with Crippen LogP contribution in [0.1, 0.15) is 52.7 Å². The normalized spacial score (nSPS) is 13.6. The highest BCUT2D eigenvalue weighted by atomic mass is 32.1. The van der Waals surface area contributed by atoms with Crippen LogP contribution in [0.3, 0.4) is 0 Å². The summed E-state index contributed by atoms with van der Waals surface area (Å²) in [6.45, 7) is 2.34. The third-order valence-corrected chi connectivity index (χ3v) is 5.20. The summed E-state index contributed by atoms with van der Waals surface area (Å²) in [4.78, 5) is 25.9. The van der Waals surface area contributed by atoms with E-state index in [0.717, 1.165) is 37.7 Å². The van der Waals surface area contributed by atoms with E-state index in [-0.39, 0.29) is 11.9 Å². The maximum atomic E-state index is 12.5. The van der Waals surface area contributed by atoms with Crippen molar-refractivity contribution in [2.24, 2.45) is 0 Å². The summed E-state index contributed by atoms with van der Waals surface area (Å²) < 4.78 is 10.5. The van der Waals surface area contributed by atoms with E-state index >= 15 is 0 Å². The zero-order chi connectivity index (χ0) is 17.6. The lowest BCUT2D eigenvalue weighted by Crippen LogP contribution is -2.14. The Labute approximate surface area is 150 Å². The van der Waals surface area contributed by atoms with Crippen molar-refractivity contribution in [2.45, 2.75) is 39.0 Å². The molecule has 2 aromatic heterocycles. The highest BCUT2D eigenvalue weighted by Crippen LogP contribution is 2.38. The van der Waals surface area contributed by atoms with Crippen molar-refractivity contribution < 1.29 is 18.7 Å². The van der Waals surface area contributed by atoms with Crippen molar-refractivity contribution in [1.82, 2.24) is 0 Å². The van der Waals surface area contributed by atoms with Crippen LogP contribution >= 0.6 is 11.3 Å². The number of esters is 1. The lowest BCUT2D eigenvalue weighted by molar-refractivity contribution is -0.111. The Kier molecular flexibility index (Phi) is 5.71. The van der Waals surface area contributed by atoms with E-state index in [1.165, 1.54) is 22.3 Å². The van der Waals surface area contributed by atoms with Crippen LogP contribution in [-0.2, 0) is 22.4 Å². The van der Waals surface area contributed by atoms with E-state index in [0.29, 0.717) is 22.9 Å². The highest BCUT2D eigenvalue weighted by molar-refractivity contribution is 7.17. The summed E-state index contributed by atoms with van der Waals surface area (Å²) in [6, 6.07) is 3.52. The fourth-order valence-electron chi connectivity index (χ4n) is 2.83. The third kappa shape index (κ3) is 4.20. The largest absolute Gasteiger partial charge is 0.465 e. The molecule has 0 saturated carbocycles. The van der Waals surface area contributed by atoms with Crippen LogP contribution in [0.4, 0.5) is 5.00 Å². The van der Waals surface area contributed by atoms with Crippen molar-refractivity contribution in [2.75, 3.05) is 11.9 Å². The second-order valence-corrected chi connectivity index (χ2v) is 6.99. The number of hydrogen-bond donors (Lipinski definition) is 1. The Morgan fingerprint density at radius 1 is 1.36 bits per heavy atom. The summed E-state index contributed by atoms with van der Waals surface area (Å²) in [5.74, 6) is -0.0331. The summed E-state index contributed by atoms with van der Waals surface area (Å²) in [7, 11) is 0. The maximum Gasteiger partial charge on any atom is 0.341 e. The molecule has 1 N–H and O–H groups in total. The molecule has 132 valence electrons. The summed E-state index contributed by atoms with van der Waals surface area (Å²) in [5.41, 5.74) is 1.58. The van der Waals surface area contributed by atoms with Gasteiger partial charge in [0.1, 0.15) is 10.8 Å². The molecule has 0 aromatic carbocycles. The number of carbonyl (C=O) groups is 2. The van der Waals surface area contributed by atoms with Crippen molar-refractivity contribution in [3.05, 3.63) is 46.2 Å². The first-order valence-corrected chi connectivity index (χ1v) is 9.35. The molecule has 0 aliphatic heterocycles. The van der Waals surface area contributed by atoms with Gasteiger partial charge in [0, 0.05) is 11.0 Å². The first kappa shape index (κ1) is 17.5. The van der Waals surface area contributed by atoms with Gasteiger partial charge in [0.25, 0.3) is 0 Å². The van der Waals surface area contributed by atoms with E-state index in [1.807, 2.05) is 6.92 Å². The number of furan rings is 1. The Morgan fingerprint density at radius 3 is 2.96 bits per heavy atom. The summed E-state index contributed by atoms with van der Waals surface area (Å²) in [5, 5.41) is 3.42. The summed E-state index contributed by atoms with van der Waals surface area (Å²) >= 11 is 1.49. The van der Waals surface area contributed by atoms with Gasteiger partial charge in [-0.05, 0) is 55.9 Å². The molecular formula is C19H21NO4S. The van der Waals surface area contributed by atoms with E-state index in [4.69, 9.17) is 9.15 Å². The quantitative estimate of drug-likeness (QED) is 0.611. The van der Waals surface area contributed by atoms with Gasteiger partial charge in [0.05, 0.1) is 18.4 Å². The Balaban J connectivity index is 1.80. The van der Waals surface area contributed by atoms with E-state index < -0.39 is 0 Å². The van der Waals surface area contributed by atoms with Gasteiger partial charge in [-0.1, -0.05) is 6.92 Å². The van der Waals surface area contributed by atoms with Crippen LogP contribution in [-0.4, -0.2) is 18.5 Å². The van der Waals surface area contributed by atoms with E-state index in [2.05, 4.69) is 5.32 Å². The Hall–Kier alpha value is -2.34. The molecule has 2 heterocycles. The molecule has 25 heavy (non-hydrogen) atoms. The first-order chi connectivity index (χ1) is 12.2. The predicted octanol–water partition coefficient (Wildman–Crippen LogP) is 4.44. The zero-order valence-electron chi connectivity index (χ0n) is 14.2. The minimum Gasteiger partial charge on any atom is -0.465 e. The molecule has 3 rings (SSSR count). The van der Waals surface area contributed by atoms with Crippen LogP contribution in [0.2, 0.25) is 0 Å². The van der Waals surface area contributed by atoms with Crippen molar-refractivity contribution in [1.29, 1.82) is 0 Å². The SMILES string of the molecule is CCCOC(=O)c1c(NC(=O)C=Cc2ccco2)sc2c1CCCC2. The third-order valence-electron chi connectivity index (χ3n) is 3.99. The number of ether oxygens (including phenoxy) is 1. The first-order valence-electron chi connectivity index (χ1n) is 8.53. The molecule has 0 bridgehead atoms. The standard InChI is InChI=1S/C19H21NO4S/c1-2-11-24-19(22)17-14-7-3-4-8-15(14)25-18(17)20-16(21)10-9-13-6-5-12-23-13/h5-6,9-10,12H,2-4,7-8,11H2,1H3,(H,20,21). The second kappa shape index (κ2) is 8.16. The van der Waals surface area contributed by atoms with Gasteiger partial charge < -0.3 is 14.5 Å². The number of nitrogens with one attached hydrogen (secondary N) is 1. The van der Waals surface area contributed by atoms with Crippen LogP contribution < -0.4 is 5.32 Å². The van der Waals surface area contributed by atoms with Gasteiger partial charge in [0.15, 0.2) is 0 Å². The smallest absolute Gasteiger partial charge is 0.341 e. The maximum absolute atomic E-state index is 12.5. The van der Waals surface area contributed by atoms with Crippen LogP contribution in [0.15, 0.2) is 28.9 Å². The molecule has 2 aromatic rings. The molecule has 0 radical (unpaired) electrons. The van der Waals surface area contributed by atoms with E-state index in [9.17, 15) is 9.59 Å². The van der Waals surface area contributed by atoms with Gasteiger partial charge >= 0.3 is 5.97 Å². The molecule has 0 spiro atoms. The molecule has 6 heteroatoms. The fraction of sp³-hybridized carbons (Fsp3) is 0.368. The molecule has 0 saturated heterocycles. The molecule has 0 unspecified atom stereocenters. The van der Waals surface area contributed by atoms with Gasteiger partial charge in [-0.15, -0.1) is 11.3 Å². The molecule has 1 aliphatic carbocycles. The topological polar surface area (TPSA) is 68.5 Å². The van der Waals surface area contributed by atoms with Gasteiger partial charge in [-0.2, -0.15) is 0 Å². The van der Waals surface area contributed by atoms with Gasteiger partial charge in [-0.3, -0.25) is 4.79 Å². The number of carbonyl (C=O) groups excluding carboxylic acids is 2. The monoisotopic (exact) mass is 359 g/mol. The predicted molar refractivity (Wildman–Crippen MR) is 97.9 cm³/mol. The summed E-state index contributed by atoms with van der Waals surface area (Å²) in [6.07, 6.45) is 9.30. The number of fused-ring (bicyclic) bond motifs is 1. The molecular weight excluding hydrogens is 338 g/mol. The second-order valence-electron chi connectivity index (χ2n) is 5.89. The van der Waals surface area contributed by atoms with Crippen molar-refractivity contribution in [3.63, 3.8) is 0 Å². The van der Waals surface area contributed by atoms with Gasteiger partial charge in [0.2, 0.25) is 5.91 Å². The molecule has 1 amide bonds. The zero-order valence-corrected chi connectivity index (χ0v) is 15.0.